The second-order valence-corrected chi connectivity index (χ2v) is 5.42. The Morgan fingerprint density at radius 2 is 1.91 bits per heavy atom. The normalized spacial score (nSPS) is 11.0. The zero-order valence-corrected chi connectivity index (χ0v) is 12.6. The van der Waals surface area contributed by atoms with Crippen molar-refractivity contribution in [1.82, 2.24) is 30.4 Å². The summed E-state index contributed by atoms with van der Waals surface area (Å²) in [5, 5.41) is 20.3. The lowest BCUT2D eigenvalue weighted by atomic mass is 10.3. The number of nitrogens with zero attached hydrogens (tertiary/aromatic N) is 6. The van der Waals surface area contributed by atoms with Crippen LogP contribution >= 0.6 is 11.8 Å². The number of hydrogen-bond acceptors (Lipinski definition) is 8. The maximum Gasteiger partial charge on any atom is 0.283 e. The van der Waals surface area contributed by atoms with Gasteiger partial charge in [-0.25, -0.2) is 0 Å². The molecule has 0 N–H and O–H groups in total. The Morgan fingerprint density at radius 1 is 1.00 bits per heavy atom. The molecule has 0 aliphatic heterocycles. The lowest BCUT2D eigenvalue weighted by Gasteiger charge is -2.02. The fraction of sp³-hybridized carbons (Fsp3) is 0.0714. The first-order valence-electron chi connectivity index (χ1n) is 6.73. The Labute approximate surface area is 134 Å². The van der Waals surface area contributed by atoms with E-state index in [1.165, 1.54) is 11.8 Å². The third kappa shape index (κ3) is 2.86. The highest BCUT2D eigenvalue weighted by Gasteiger charge is 2.14. The highest BCUT2D eigenvalue weighted by Crippen LogP contribution is 2.24. The van der Waals surface area contributed by atoms with Crippen molar-refractivity contribution in [2.75, 3.05) is 0 Å². The SMILES string of the molecule is c1ccc(-n2nnnc2SCc2nnc(-c3ccco3)o2)cc1. The molecule has 3 aromatic heterocycles. The average molecular weight is 326 g/mol. The van der Waals surface area contributed by atoms with E-state index in [-0.39, 0.29) is 0 Å². The van der Waals surface area contributed by atoms with Crippen LogP contribution in [-0.4, -0.2) is 30.4 Å². The molecule has 4 aromatic rings. The first-order chi connectivity index (χ1) is 11.4. The standard InChI is InChI=1S/C14H10N6O2S/c1-2-5-10(6-3-1)20-14(17-18-19-20)23-9-12-15-16-13(22-12)11-7-4-8-21-11/h1-8H,9H2. The van der Waals surface area contributed by atoms with Gasteiger partial charge in [0.1, 0.15) is 0 Å². The van der Waals surface area contributed by atoms with Gasteiger partial charge in [-0.2, -0.15) is 4.68 Å². The Kier molecular flexibility index (Phi) is 3.60. The van der Waals surface area contributed by atoms with E-state index in [0.29, 0.717) is 28.5 Å². The van der Waals surface area contributed by atoms with Crippen LogP contribution in [0, 0.1) is 0 Å². The smallest absolute Gasteiger partial charge is 0.283 e. The number of furan rings is 1. The van der Waals surface area contributed by atoms with Gasteiger partial charge in [-0.15, -0.1) is 15.3 Å². The van der Waals surface area contributed by atoms with Crippen molar-refractivity contribution in [2.24, 2.45) is 0 Å². The number of aromatic nitrogens is 6. The molecule has 3 heterocycles. The Balaban J connectivity index is 1.49. The minimum absolute atomic E-state index is 0.355. The lowest BCUT2D eigenvalue weighted by molar-refractivity contribution is 0.494. The number of tetrazole rings is 1. The van der Waals surface area contributed by atoms with Gasteiger partial charge in [-0.3, -0.25) is 0 Å². The summed E-state index contributed by atoms with van der Waals surface area (Å²) in [5.41, 5.74) is 0.891. The van der Waals surface area contributed by atoms with Gasteiger partial charge in [0, 0.05) is 0 Å². The monoisotopic (exact) mass is 326 g/mol. The molecule has 0 unspecified atom stereocenters. The Morgan fingerprint density at radius 3 is 2.74 bits per heavy atom. The molecule has 0 saturated heterocycles. The number of thioether (sulfide) groups is 1. The quantitative estimate of drug-likeness (QED) is 0.516. The summed E-state index contributed by atoms with van der Waals surface area (Å²) in [6.45, 7) is 0. The molecule has 9 heteroatoms. The molecule has 0 radical (unpaired) electrons. The first-order valence-corrected chi connectivity index (χ1v) is 7.71. The van der Waals surface area contributed by atoms with E-state index in [0.717, 1.165) is 5.69 Å². The van der Waals surface area contributed by atoms with Gasteiger partial charge >= 0.3 is 0 Å². The number of hydrogen-bond donors (Lipinski definition) is 0. The van der Waals surface area contributed by atoms with Gasteiger partial charge in [0.25, 0.3) is 5.89 Å². The van der Waals surface area contributed by atoms with E-state index in [4.69, 9.17) is 8.83 Å². The molecule has 0 aliphatic rings. The van der Waals surface area contributed by atoms with E-state index in [1.807, 2.05) is 30.3 Å². The molecular formula is C14H10N6O2S. The maximum absolute atomic E-state index is 5.56. The van der Waals surface area contributed by atoms with Crippen molar-refractivity contribution in [1.29, 1.82) is 0 Å². The van der Waals surface area contributed by atoms with Gasteiger partial charge in [0.15, 0.2) is 5.76 Å². The third-order valence-electron chi connectivity index (χ3n) is 2.97. The zero-order chi connectivity index (χ0) is 15.5. The molecule has 4 rings (SSSR count). The predicted octanol–water partition coefficient (Wildman–Crippen LogP) is 2.60. The van der Waals surface area contributed by atoms with Crippen LogP contribution in [0.2, 0.25) is 0 Å². The fourth-order valence-corrected chi connectivity index (χ4v) is 2.67. The third-order valence-corrected chi connectivity index (χ3v) is 3.87. The van der Waals surface area contributed by atoms with Crippen LogP contribution in [0.4, 0.5) is 0 Å². The van der Waals surface area contributed by atoms with Crippen molar-refractivity contribution in [2.45, 2.75) is 10.9 Å². The molecule has 23 heavy (non-hydrogen) atoms. The van der Waals surface area contributed by atoms with Crippen molar-refractivity contribution in [3.05, 3.63) is 54.6 Å². The van der Waals surface area contributed by atoms with E-state index in [1.54, 1.807) is 23.1 Å². The van der Waals surface area contributed by atoms with E-state index < -0.39 is 0 Å². The van der Waals surface area contributed by atoms with Gasteiger partial charge in [0.2, 0.25) is 11.0 Å². The molecular weight excluding hydrogens is 316 g/mol. The molecule has 0 fully saturated rings. The highest BCUT2D eigenvalue weighted by atomic mass is 32.2. The number of benzene rings is 1. The molecule has 0 spiro atoms. The highest BCUT2D eigenvalue weighted by molar-refractivity contribution is 7.98. The van der Waals surface area contributed by atoms with Gasteiger partial charge in [0.05, 0.1) is 17.7 Å². The van der Waals surface area contributed by atoms with Crippen LogP contribution in [-0.2, 0) is 5.75 Å². The maximum atomic E-state index is 5.56. The minimum atomic E-state index is 0.355. The summed E-state index contributed by atoms with van der Waals surface area (Å²) in [7, 11) is 0. The van der Waals surface area contributed by atoms with E-state index in [9.17, 15) is 0 Å². The van der Waals surface area contributed by atoms with Crippen molar-refractivity contribution in [3.63, 3.8) is 0 Å². The van der Waals surface area contributed by atoms with Gasteiger partial charge in [-0.1, -0.05) is 30.0 Å². The summed E-state index contributed by atoms with van der Waals surface area (Å²) >= 11 is 1.41. The van der Waals surface area contributed by atoms with Crippen LogP contribution in [0.25, 0.3) is 17.3 Å². The van der Waals surface area contributed by atoms with E-state index >= 15 is 0 Å². The number of para-hydroxylation sites is 1. The zero-order valence-electron chi connectivity index (χ0n) is 11.7. The summed E-state index contributed by atoms with van der Waals surface area (Å²) in [4.78, 5) is 0. The summed E-state index contributed by atoms with van der Waals surface area (Å²) in [5.74, 6) is 1.83. The molecule has 0 saturated carbocycles. The van der Waals surface area contributed by atoms with Crippen LogP contribution in [0.1, 0.15) is 5.89 Å². The van der Waals surface area contributed by atoms with E-state index in [2.05, 4.69) is 25.7 Å². The minimum Gasteiger partial charge on any atom is -0.459 e. The van der Waals surface area contributed by atoms with Gasteiger partial charge in [-0.05, 0) is 34.7 Å². The van der Waals surface area contributed by atoms with Crippen LogP contribution < -0.4 is 0 Å². The Hall–Kier alpha value is -2.94. The fourth-order valence-electron chi connectivity index (χ4n) is 1.94. The van der Waals surface area contributed by atoms with Crippen molar-refractivity contribution in [3.8, 4) is 17.3 Å². The van der Waals surface area contributed by atoms with Crippen LogP contribution in [0.15, 0.2) is 62.7 Å². The molecule has 1 aromatic carbocycles. The topological polar surface area (TPSA) is 95.7 Å². The lowest BCUT2D eigenvalue weighted by Crippen LogP contribution is -1.98. The summed E-state index contributed by atoms with van der Waals surface area (Å²) in [6.07, 6.45) is 1.56. The molecule has 0 amide bonds. The van der Waals surface area contributed by atoms with Gasteiger partial charge < -0.3 is 8.83 Å². The molecule has 8 nitrogen and oxygen atoms in total. The second-order valence-electron chi connectivity index (χ2n) is 4.48. The predicted molar refractivity (Wildman–Crippen MR) is 80.7 cm³/mol. The van der Waals surface area contributed by atoms with Crippen LogP contribution in [0.5, 0.6) is 0 Å². The largest absolute Gasteiger partial charge is 0.459 e. The number of rotatable bonds is 5. The molecule has 0 bridgehead atoms. The molecule has 0 aliphatic carbocycles. The average Bonchev–Trinajstić information content (AvgIpc) is 3.33. The molecule has 0 atom stereocenters. The van der Waals surface area contributed by atoms with Crippen molar-refractivity contribution >= 4 is 11.8 Å². The van der Waals surface area contributed by atoms with Crippen LogP contribution in [0.3, 0.4) is 0 Å². The Bertz CT molecular complexity index is 887. The summed E-state index contributed by atoms with van der Waals surface area (Å²) in [6, 6.07) is 13.2. The first kappa shape index (κ1) is 13.7. The summed E-state index contributed by atoms with van der Waals surface area (Å²) < 4.78 is 12.4. The second kappa shape index (κ2) is 6.05. The van der Waals surface area contributed by atoms with Crippen molar-refractivity contribution < 1.29 is 8.83 Å². The molecule has 114 valence electrons.